The number of hydrogen-bond donors (Lipinski definition) is 0. The highest BCUT2D eigenvalue weighted by Gasteiger charge is 2.10. The average molecular weight is 325 g/mol. The van der Waals surface area contributed by atoms with E-state index in [0.717, 1.165) is 0 Å². The molecule has 0 N–H and O–H groups in total. The maximum atomic E-state index is 9.42. The summed E-state index contributed by atoms with van der Waals surface area (Å²) < 4.78 is 10.5. The number of hydrogen-bond acceptors (Lipinski definition) is 4. The van der Waals surface area contributed by atoms with E-state index >= 15 is 0 Å². The minimum atomic E-state index is 0.427. The SMILES string of the molecule is COc1cc(OC)c(/C=C(/C#N)c2ccc(C#N)cc2)cc1Cl. The van der Waals surface area contributed by atoms with Gasteiger partial charge in [0.25, 0.3) is 0 Å². The van der Waals surface area contributed by atoms with E-state index in [4.69, 9.17) is 26.3 Å². The first-order valence-electron chi connectivity index (χ1n) is 6.66. The van der Waals surface area contributed by atoms with Crippen LogP contribution in [0.15, 0.2) is 36.4 Å². The van der Waals surface area contributed by atoms with Crippen molar-refractivity contribution in [1.82, 2.24) is 0 Å². The maximum Gasteiger partial charge on any atom is 0.141 e. The van der Waals surface area contributed by atoms with Crippen LogP contribution >= 0.6 is 11.6 Å². The zero-order valence-electron chi connectivity index (χ0n) is 12.6. The van der Waals surface area contributed by atoms with E-state index in [1.54, 1.807) is 42.5 Å². The predicted molar refractivity (Wildman–Crippen MR) is 89.2 cm³/mol. The fraction of sp³-hybridized carbons (Fsp3) is 0.111. The summed E-state index contributed by atoms with van der Waals surface area (Å²) in [6.07, 6.45) is 1.69. The van der Waals surface area contributed by atoms with Crippen molar-refractivity contribution in [1.29, 1.82) is 10.5 Å². The highest BCUT2D eigenvalue weighted by molar-refractivity contribution is 6.32. The second kappa shape index (κ2) is 7.35. The number of methoxy groups -OCH3 is 2. The molecular weight excluding hydrogens is 312 g/mol. The van der Waals surface area contributed by atoms with Gasteiger partial charge >= 0.3 is 0 Å². The third kappa shape index (κ3) is 3.63. The molecule has 0 bridgehead atoms. The van der Waals surface area contributed by atoms with Crippen molar-refractivity contribution in [2.24, 2.45) is 0 Å². The molecule has 0 aliphatic heterocycles. The zero-order valence-corrected chi connectivity index (χ0v) is 13.4. The highest BCUT2D eigenvalue weighted by atomic mass is 35.5. The van der Waals surface area contributed by atoms with E-state index in [1.807, 2.05) is 6.07 Å². The van der Waals surface area contributed by atoms with Crippen molar-refractivity contribution in [3.63, 3.8) is 0 Å². The Morgan fingerprint density at radius 1 is 1.04 bits per heavy atom. The van der Waals surface area contributed by atoms with Crippen molar-refractivity contribution >= 4 is 23.3 Å². The van der Waals surface area contributed by atoms with Crippen molar-refractivity contribution in [2.45, 2.75) is 0 Å². The summed E-state index contributed by atoms with van der Waals surface area (Å²) in [6.45, 7) is 0. The van der Waals surface area contributed by atoms with Gasteiger partial charge in [-0.25, -0.2) is 0 Å². The van der Waals surface area contributed by atoms with Gasteiger partial charge in [-0.05, 0) is 29.8 Å². The van der Waals surface area contributed by atoms with E-state index in [2.05, 4.69) is 6.07 Å². The molecule has 0 saturated heterocycles. The molecular formula is C18H13ClN2O2. The molecule has 0 fully saturated rings. The first-order chi connectivity index (χ1) is 11.1. The van der Waals surface area contributed by atoms with Gasteiger partial charge in [-0.1, -0.05) is 23.7 Å². The molecule has 0 spiro atoms. The summed E-state index contributed by atoms with van der Waals surface area (Å²) in [6, 6.07) is 14.3. The Hall–Kier alpha value is -2.95. The van der Waals surface area contributed by atoms with Gasteiger partial charge < -0.3 is 9.47 Å². The highest BCUT2D eigenvalue weighted by Crippen LogP contribution is 2.34. The van der Waals surface area contributed by atoms with Crippen LogP contribution in [0.25, 0.3) is 11.6 Å². The van der Waals surface area contributed by atoms with Crippen LogP contribution in [0.2, 0.25) is 5.02 Å². The topological polar surface area (TPSA) is 66.0 Å². The summed E-state index contributed by atoms with van der Waals surface area (Å²) in [4.78, 5) is 0. The van der Waals surface area contributed by atoms with Gasteiger partial charge in [0.2, 0.25) is 0 Å². The van der Waals surface area contributed by atoms with Gasteiger partial charge in [0, 0.05) is 11.6 Å². The Kier molecular flexibility index (Phi) is 5.25. The monoisotopic (exact) mass is 324 g/mol. The number of nitrogens with zero attached hydrogens (tertiary/aromatic N) is 2. The predicted octanol–water partition coefficient (Wildman–Crippen LogP) is 4.29. The fourth-order valence-corrected chi connectivity index (χ4v) is 2.31. The van der Waals surface area contributed by atoms with E-state index in [0.29, 0.717) is 38.8 Å². The summed E-state index contributed by atoms with van der Waals surface area (Å²) in [7, 11) is 3.06. The van der Waals surface area contributed by atoms with Crippen molar-refractivity contribution < 1.29 is 9.47 Å². The van der Waals surface area contributed by atoms with Crippen molar-refractivity contribution in [3.05, 3.63) is 58.1 Å². The van der Waals surface area contributed by atoms with Crippen LogP contribution in [-0.4, -0.2) is 14.2 Å². The molecule has 0 aromatic heterocycles. The first kappa shape index (κ1) is 16.4. The minimum Gasteiger partial charge on any atom is -0.496 e. The Balaban J connectivity index is 2.51. The largest absolute Gasteiger partial charge is 0.496 e. The van der Waals surface area contributed by atoms with Crippen molar-refractivity contribution in [3.8, 4) is 23.6 Å². The molecule has 0 amide bonds. The van der Waals surface area contributed by atoms with Crippen LogP contribution in [-0.2, 0) is 0 Å². The van der Waals surface area contributed by atoms with E-state index in [-0.39, 0.29) is 0 Å². The molecule has 2 aromatic rings. The molecule has 0 heterocycles. The second-order valence-electron chi connectivity index (χ2n) is 4.59. The first-order valence-corrected chi connectivity index (χ1v) is 7.04. The molecule has 0 radical (unpaired) electrons. The zero-order chi connectivity index (χ0) is 16.8. The van der Waals surface area contributed by atoms with Crippen LogP contribution in [0.5, 0.6) is 11.5 Å². The van der Waals surface area contributed by atoms with Gasteiger partial charge in [0.15, 0.2) is 0 Å². The van der Waals surface area contributed by atoms with Gasteiger partial charge in [0.1, 0.15) is 11.5 Å². The molecule has 0 atom stereocenters. The molecule has 2 rings (SSSR count). The molecule has 114 valence electrons. The average Bonchev–Trinajstić information content (AvgIpc) is 2.60. The van der Waals surface area contributed by atoms with Crippen LogP contribution < -0.4 is 9.47 Å². The third-order valence-corrected chi connectivity index (χ3v) is 3.54. The van der Waals surface area contributed by atoms with Gasteiger partial charge in [-0.3, -0.25) is 0 Å². The van der Waals surface area contributed by atoms with E-state index < -0.39 is 0 Å². The quantitative estimate of drug-likeness (QED) is 0.621. The molecule has 5 heteroatoms. The molecule has 0 aliphatic carbocycles. The summed E-state index contributed by atoms with van der Waals surface area (Å²) in [5.74, 6) is 1.05. The number of nitriles is 2. The van der Waals surface area contributed by atoms with Crippen LogP contribution in [0.1, 0.15) is 16.7 Å². The van der Waals surface area contributed by atoms with Crippen LogP contribution in [0, 0.1) is 22.7 Å². The lowest BCUT2D eigenvalue weighted by atomic mass is 10.0. The van der Waals surface area contributed by atoms with Crippen LogP contribution in [0.4, 0.5) is 0 Å². The minimum absolute atomic E-state index is 0.427. The molecule has 0 aliphatic rings. The molecule has 4 nitrogen and oxygen atoms in total. The number of ether oxygens (including phenoxy) is 2. The lowest BCUT2D eigenvalue weighted by Crippen LogP contribution is -1.92. The van der Waals surface area contributed by atoms with Gasteiger partial charge in [-0.2, -0.15) is 10.5 Å². The second-order valence-corrected chi connectivity index (χ2v) is 4.99. The summed E-state index contributed by atoms with van der Waals surface area (Å²) in [5.41, 5.74) is 2.35. The van der Waals surface area contributed by atoms with Gasteiger partial charge in [-0.15, -0.1) is 0 Å². The Morgan fingerprint density at radius 2 is 1.70 bits per heavy atom. The van der Waals surface area contributed by atoms with E-state index in [1.165, 1.54) is 14.2 Å². The normalized spacial score (nSPS) is 10.6. The van der Waals surface area contributed by atoms with Crippen molar-refractivity contribution in [2.75, 3.05) is 14.2 Å². The Morgan fingerprint density at radius 3 is 2.22 bits per heavy atom. The molecule has 0 unspecified atom stereocenters. The number of allylic oxidation sites excluding steroid dienone is 1. The third-order valence-electron chi connectivity index (χ3n) is 3.25. The summed E-state index contributed by atoms with van der Waals surface area (Å²) in [5, 5.41) is 18.7. The lowest BCUT2D eigenvalue weighted by Gasteiger charge is -2.10. The Labute approximate surface area is 139 Å². The van der Waals surface area contributed by atoms with Gasteiger partial charge in [0.05, 0.1) is 42.5 Å². The maximum absolute atomic E-state index is 9.42. The fourth-order valence-electron chi connectivity index (χ4n) is 2.06. The number of benzene rings is 2. The molecule has 23 heavy (non-hydrogen) atoms. The molecule has 0 saturated carbocycles. The summed E-state index contributed by atoms with van der Waals surface area (Å²) >= 11 is 6.14. The van der Waals surface area contributed by atoms with Crippen LogP contribution in [0.3, 0.4) is 0 Å². The number of rotatable bonds is 4. The molecule has 2 aromatic carbocycles. The lowest BCUT2D eigenvalue weighted by molar-refractivity contribution is 0.394. The Bertz CT molecular complexity index is 828. The van der Waals surface area contributed by atoms with E-state index in [9.17, 15) is 5.26 Å². The smallest absolute Gasteiger partial charge is 0.141 e. The standard InChI is InChI=1S/C18H13ClN2O2/c1-22-17-9-18(23-2)16(19)8-14(17)7-15(11-21)13-5-3-12(10-20)4-6-13/h3-9H,1-2H3/b15-7-. The number of halogens is 1.